The number of aryl methyl sites for hydroxylation is 1. The van der Waals surface area contributed by atoms with Gasteiger partial charge in [-0.2, -0.15) is 0 Å². The number of carbonyl (C=O) groups excluding carboxylic acids is 1. The molecular formula is C20H21Cl2NO4. The number of ether oxygens (including phenoxy) is 2. The van der Waals surface area contributed by atoms with Crippen LogP contribution >= 0.6 is 23.2 Å². The molecule has 0 saturated heterocycles. The van der Waals surface area contributed by atoms with E-state index in [1.807, 2.05) is 6.07 Å². The van der Waals surface area contributed by atoms with Crippen molar-refractivity contribution in [1.82, 2.24) is 0 Å². The number of aliphatic imine (C=N–C) groups is 1. The predicted octanol–water partition coefficient (Wildman–Crippen LogP) is 5.36. The van der Waals surface area contributed by atoms with E-state index in [1.165, 1.54) is 6.92 Å². The number of furan rings is 1. The van der Waals surface area contributed by atoms with Crippen LogP contribution in [0.3, 0.4) is 0 Å². The first kappa shape index (κ1) is 19.8. The van der Waals surface area contributed by atoms with Crippen LogP contribution in [0, 0.1) is 0 Å². The van der Waals surface area contributed by atoms with Crippen LogP contribution < -0.4 is 4.74 Å². The number of halogens is 2. The summed E-state index contributed by atoms with van der Waals surface area (Å²) in [6.45, 7) is 3.25. The first-order chi connectivity index (χ1) is 13.0. The minimum Gasteiger partial charge on any atom is -0.490 e. The zero-order valence-corrected chi connectivity index (χ0v) is 16.6. The third-order valence-electron chi connectivity index (χ3n) is 4.15. The maximum Gasteiger partial charge on any atom is 0.216 e. The second-order valence-electron chi connectivity index (χ2n) is 6.29. The van der Waals surface area contributed by atoms with Crippen LogP contribution in [0.2, 0.25) is 10.0 Å². The van der Waals surface area contributed by atoms with E-state index in [2.05, 4.69) is 4.99 Å². The molecule has 7 heteroatoms. The Kier molecular flexibility index (Phi) is 6.80. The van der Waals surface area contributed by atoms with Crippen molar-refractivity contribution in [2.45, 2.75) is 32.6 Å². The van der Waals surface area contributed by atoms with Crippen LogP contribution in [-0.4, -0.2) is 31.4 Å². The number of hydrogen-bond acceptors (Lipinski definition) is 5. The van der Waals surface area contributed by atoms with Gasteiger partial charge in [0.1, 0.15) is 12.4 Å². The number of nitrogens with zero attached hydrogens (tertiary/aromatic N) is 1. The summed E-state index contributed by atoms with van der Waals surface area (Å²) in [5, 5.41) is 0.895. The van der Waals surface area contributed by atoms with Crippen molar-refractivity contribution in [1.29, 1.82) is 0 Å². The molecule has 0 radical (unpaired) electrons. The van der Waals surface area contributed by atoms with E-state index in [0.717, 1.165) is 37.0 Å². The van der Waals surface area contributed by atoms with Crippen molar-refractivity contribution >= 4 is 34.9 Å². The second-order valence-corrected chi connectivity index (χ2v) is 7.10. The van der Waals surface area contributed by atoms with Gasteiger partial charge in [0, 0.05) is 18.9 Å². The lowest BCUT2D eigenvalue weighted by atomic mass is 10.1. The Morgan fingerprint density at radius 2 is 1.96 bits per heavy atom. The average Bonchev–Trinajstić information content (AvgIpc) is 3.31. The quantitative estimate of drug-likeness (QED) is 0.413. The molecule has 2 aromatic rings. The van der Waals surface area contributed by atoms with E-state index in [0.29, 0.717) is 47.2 Å². The van der Waals surface area contributed by atoms with Crippen LogP contribution in [0.4, 0.5) is 0 Å². The summed E-state index contributed by atoms with van der Waals surface area (Å²) >= 11 is 12.6. The van der Waals surface area contributed by atoms with E-state index in [4.69, 9.17) is 37.1 Å². The maximum atomic E-state index is 11.2. The lowest BCUT2D eigenvalue weighted by Crippen LogP contribution is -2.03. The molecule has 0 N–H and O–H groups in total. The van der Waals surface area contributed by atoms with Crippen molar-refractivity contribution < 1.29 is 18.7 Å². The van der Waals surface area contributed by atoms with Gasteiger partial charge in [0.2, 0.25) is 5.90 Å². The molecule has 1 aliphatic heterocycles. The van der Waals surface area contributed by atoms with Crippen LogP contribution in [0.5, 0.6) is 5.75 Å². The van der Waals surface area contributed by atoms with Gasteiger partial charge in [0.25, 0.3) is 0 Å². The third kappa shape index (κ3) is 5.27. The molecule has 3 rings (SSSR count). The normalized spacial score (nSPS) is 13.4. The highest BCUT2D eigenvalue weighted by Crippen LogP contribution is 2.35. The number of carbonyl (C=O) groups is 1. The second kappa shape index (κ2) is 9.29. The van der Waals surface area contributed by atoms with Gasteiger partial charge in [0.05, 0.1) is 23.2 Å². The Bertz CT molecular complexity index is 821. The molecule has 0 bridgehead atoms. The first-order valence-corrected chi connectivity index (χ1v) is 9.69. The maximum absolute atomic E-state index is 11.2. The van der Waals surface area contributed by atoms with Gasteiger partial charge >= 0.3 is 0 Å². The highest BCUT2D eigenvalue weighted by Gasteiger charge is 2.16. The van der Waals surface area contributed by atoms with Gasteiger partial charge in [-0.05, 0) is 43.5 Å². The largest absolute Gasteiger partial charge is 0.490 e. The molecule has 27 heavy (non-hydrogen) atoms. The van der Waals surface area contributed by atoms with Gasteiger partial charge in [-0.1, -0.05) is 23.2 Å². The fourth-order valence-corrected chi connectivity index (χ4v) is 3.38. The number of hydrogen-bond donors (Lipinski definition) is 0. The fraction of sp³-hybridized carbons (Fsp3) is 0.400. The summed E-state index contributed by atoms with van der Waals surface area (Å²) in [5.74, 6) is 2.24. The molecule has 1 aromatic carbocycles. The average molecular weight is 410 g/mol. The Balaban J connectivity index is 1.43. The Morgan fingerprint density at radius 1 is 1.19 bits per heavy atom. The highest BCUT2D eigenvalue weighted by molar-refractivity contribution is 6.37. The van der Waals surface area contributed by atoms with Crippen molar-refractivity contribution in [3.05, 3.63) is 51.4 Å². The standard InChI is InChI=1S/C20H21Cl2NO4/c1-13(24)18-7-6-15(27-18)5-3-2-4-9-25-19-16(21)11-14(12-17(19)22)20-23-8-10-26-20/h6-7,11-12H,2-5,8-10H2,1H3. The summed E-state index contributed by atoms with van der Waals surface area (Å²) in [6, 6.07) is 7.09. The molecule has 0 aliphatic carbocycles. The van der Waals surface area contributed by atoms with Gasteiger partial charge in [-0.3, -0.25) is 4.79 Å². The molecule has 1 aliphatic rings. The molecule has 0 fully saturated rings. The summed E-state index contributed by atoms with van der Waals surface area (Å²) in [6.07, 6.45) is 3.58. The van der Waals surface area contributed by atoms with Crippen LogP contribution in [0.15, 0.2) is 33.7 Å². The summed E-state index contributed by atoms with van der Waals surface area (Å²) < 4.78 is 16.7. The molecule has 0 atom stereocenters. The number of benzene rings is 1. The molecule has 0 amide bonds. The van der Waals surface area contributed by atoms with Gasteiger partial charge in [-0.25, -0.2) is 4.99 Å². The summed E-state index contributed by atoms with van der Waals surface area (Å²) in [7, 11) is 0. The molecule has 2 heterocycles. The lowest BCUT2D eigenvalue weighted by Gasteiger charge is -2.12. The van der Waals surface area contributed by atoms with Crippen LogP contribution in [0.1, 0.15) is 48.1 Å². The van der Waals surface area contributed by atoms with Crippen LogP contribution in [-0.2, 0) is 11.2 Å². The van der Waals surface area contributed by atoms with E-state index >= 15 is 0 Å². The van der Waals surface area contributed by atoms with E-state index < -0.39 is 0 Å². The molecule has 0 spiro atoms. The Hall–Kier alpha value is -1.98. The highest BCUT2D eigenvalue weighted by atomic mass is 35.5. The van der Waals surface area contributed by atoms with Crippen molar-refractivity contribution in [2.24, 2.45) is 4.99 Å². The van der Waals surface area contributed by atoms with Crippen molar-refractivity contribution in [3.63, 3.8) is 0 Å². The molecular weight excluding hydrogens is 389 g/mol. The summed E-state index contributed by atoms with van der Waals surface area (Å²) in [4.78, 5) is 15.5. The first-order valence-electron chi connectivity index (χ1n) is 8.93. The van der Waals surface area contributed by atoms with Crippen LogP contribution in [0.25, 0.3) is 0 Å². The monoisotopic (exact) mass is 409 g/mol. The predicted molar refractivity (Wildman–Crippen MR) is 106 cm³/mol. The van der Waals surface area contributed by atoms with E-state index in [1.54, 1.807) is 18.2 Å². The lowest BCUT2D eigenvalue weighted by molar-refractivity contribution is 0.0985. The van der Waals surface area contributed by atoms with Crippen molar-refractivity contribution in [2.75, 3.05) is 19.8 Å². The number of unbranched alkanes of at least 4 members (excludes halogenated alkanes) is 2. The molecule has 144 valence electrons. The smallest absolute Gasteiger partial charge is 0.216 e. The third-order valence-corrected chi connectivity index (χ3v) is 4.71. The Morgan fingerprint density at radius 3 is 2.59 bits per heavy atom. The fourth-order valence-electron chi connectivity index (χ4n) is 2.78. The zero-order chi connectivity index (χ0) is 19.2. The topological polar surface area (TPSA) is 61.0 Å². The van der Waals surface area contributed by atoms with Crippen molar-refractivity contribution in [3.8, 4) is 5.75 Å². The molecule has 1 aromatic heterocycles. The van der Waals surface area contributed by atoms with E-state index in [9.17, 15) is 4.79 Å². The minimum absolute atomic E-state index is 0.0546. The van der Waals surface area contributed by atoms with E-state index in [-0.39, 0.29) is 5.78 Å². The molecule has 5 nitrogen and oxygen atoms in total. The molecule has 0 unspecified atom stereocenters. The van der Waals surface area contributed by atoms with Gasteiger partial charge < -0.3 is 13.9 Å². The number of Topliss-reactive ketones (excluding diaryl/α,β-unsaturated/α-hetero) is 1. The van der Waals surface area contributed by atoms with Gasteiger partial charge in [0.15, 0.2) is 17.3 Å². The Labute approximate surface area is 168 Å². The number of ketones is 1. The van der Waals surface area contributed by atoms with Gasteiger partial charge in [-0.15, -0.1) is 0 Å². The molecule has 0 saturated carbocycles. The number of rotatable bonds is 9. The SMILES string of the molecule is CC(=O)c1ccc(CCCCCOc2c(Cl)cc(C3=NCCO3)cc2Cl)o1. The minimum atomic E-state index is -0.0546. The summed E-state index contributed by atoms with van der Waals surface area (Å²) in [5.41, 5.74) is 0.762. The zero-order valence-electron chi connectivity index (χ0n) is 15.1.